The SMILES string of the molecule is c1ccc(-c2cccc3c2oc2ccccc23)c(-c2c3ccccc3c(-c3ccc(-c4cccc5ccccc45)cc3)c3ccccc23)c1. The van der Waals surface area contributed by atoms with Gasteiger partial charge in [0, 0.05) is 16.3 Å². The van der Waals surface area contributed by atoms with E-state index < -0.39 is 0 Å². The number of hydrogen-bond donors (Lipinski definition) is 0. The number of furan rings is 1. The number of fused-ring (bicyclic) bond motifs is 6. The Labute approximate surface area is 284 Å². The zero-order valence-electron chi connectivity index (χ0n) is 26.7. The summed E-state index contributed by atoms with van der Waals surface area (Å²) < 4.78 is 6.55. The molecule has 0 spiro atoms. The third kappa shape index (κ3) is 4.33. The minimum absolute atomic E-state index is 0.911. The van der Waals surface area contributed by atoms with Crippen molar-refractivity contribution in [2.45, 2.75) is 0 Å². The van der Waals surface area contributed by atoms with Crippen molar-refractivity contribution in [1.29, 1.82) is 0 Å². The Morgan fingerprint density at radius 2 is 0.735 bits per heavy atom. The molecule has 1 heteroatoms. The van der Waals surface area contributed by atoms with E-state index in [0.717, 1.165) is 33.1 Å². The molecule has 10 aromatic rings. The Bertz CT molecular complexity index is 2810. The molecule has 0 unspecified atom stereocenters. The molecule has 0 aliphatic rings. The predicted molar refractivity (Wildman–Crippen MR) is 208 cm³/mol. The van der Waals surface area contributed by atoms with E-state index in [2.05, 4.69) is 176 Å². The van der Waals surface area contributed by atoms with Gasteiger partial charge in [0.25, 0.3) is 0 Å². The van der Waals surface area contributed by atoms with E-state index in [4.69, 9.17) is 4.42 Å². The summed E-state index contributed by atoms with van der Waals surface area (Å²) in [5.74, 6) is 0. The lowest BCUT2D eigenvalue weighted by Gasteiger charge is -2.20. The van der Waals surface area contributed by atoms with Gasteiger partial charge in [-0.25, -0.2) is 0 Å². The van der Waals surface area contributed by atoms with Gasteiger partial charge in [-0.15, -0.1) is 0 Å². The van der Waals surface area contributed by atoms with Gasteiger partial charge < -0.3 is 4.42 Å². The molecule has 10 rings (SSSR count). The second kappa shape index (κ2) is 11.1. The van der Waals surface area contributed by atoms with Crippen LogP contribution in [0.15, 0.2) is 186 Å². The number of hydrogen-bond acceptors (Lipinski definition) is 1. The van der Waals surface area contributed by atoms with E-state index >= 15 is 0 Å². The molecule has 0 bridgehead atoms. The van der Waals surface area contributed by atoms with Gasteiger partial charge in [0.2, 0.25) is 0 Å². The van der Waals surface area contributed by atoms with Crippen LogP contribution >= 0.6 is 0 Å². The maximum absolute atomic E-state index is 6.55. The molecule has 0 N–H and O–H groups in total. The Balaban J connectivity index is 1.20. The second-order valence-electron chi connectivity index (χ2n) is 12.8. The van der Waals surface area contributed by atoms with Crippen LogP contribution in [0.5, 0.6) is 0 Å². The lowest BCUT2D eigenvalue weighted by molar-refractivity contribution is 0.670. The molecule has 0 saturated heterocycles. The second-order valence-corrected chi connectivity index (χ2v) is 12.8. The standard InChI is InChI=1S/C48H30O/c1-2-15-34-31(13-1)14-11-23-35(34)32-27-29-33(30-28-32)46-39-19-5-7-21-41(39)47(42-22-8-6-20-40(42)46)38-18-4-3-16-36(38)43-24-12-25-44-37-17-9-10-26-45(37)49-48(43)44/h1-30H. The van der Waals surface area contributed by atoms with Crippen LogP contribution in [0, 0.1) is 0 Å². The molecule has 0 aliphatic carbocycles. The molecule has 0 aliphatic heterocycles. The normalized spacial score (nSPS) is 11.7. The summed E-state index contributed by atoms with van der Waals surface area (Å²) in [6.45, 7) is 0. The molecule has 1 aromatic heterocycles. The summed E-state index contributed by atoms with van der Waals surface area (Å²) in [5.41, 5.74) is 11.5. The predicted octanol–water partition coefficient (Wildman–Crippen LogP) is 13.7. The lowest BCUT2D eigenvalue weighted by atomic mass is 9.83. The summed E-state index contributed by atoms with van der Waals surface area (Å²) in [4.78, 5) is 0. The first-order chi connectivity index (χ1) is 24.3. The van der Waals surface area contributed by atoms with Crippen molar-refractivity contribution in [3.63, 3.8) is 0 Å². The maximum atomic E-state index is 6.55. The van der Waals surface area contributed by atoms with Crippen molar-refractivity contribution in [2.75, 3.05) is 0 Å². The van der Waals surface area contributed by atoms with Crippen LogP contribution < -0.4 is 0 Å². The lowest BCUT2D eigenvalue weighted by Crippen LogP contribution is -1.93. The minimum atomic E-state index is 0.911. The van der Waals surface area contributed by atoms with Gasteiger partial charge >= 0.3 is 0 Å². The fraction of sp³-hybridized carbons (Fsp3) is 0. The number of benzene rings is 9. The average Bonchev–Trinajstić information content (AvgIpc) is 3.56. The van der Waals surface area contributed by atoms with Crippen LogP contribution in [0.25, 0.3) is 98.8 Å². The molecule has 228 valence electrons. The zero-order chi connectivity index (χ0) is 32.3. The first-order valence-electron chi connectivity index (χ1n) is 16.9. The fourth-order valence-electron chi connectivity index (χ4n) is 7.92. The van der Waals surface area contributed by atoms with E-state index in [1.165, 1.54) is 65.7 Å². The van der Waals surface area contributed by atoms with Crippen LogP contribution in [0.2, 0.25) is 0 Å². The summed E-state index contributed by atoms with van der Waals surface area (Å²) in [5, 5.41) is 9.76. The van der Waals surface area contributed by atoms with Gasteiger partial charge in [0.15, 0.2) is 0 Å². The third-order valence-electron chi connectivity index (χ3n) is 10.1. The molecule has 0 fully saturated rings. The zero-order valence-corrected chi connectivity index (χ0v) is 26.7. The van der Waals surface area contributed by atoms with Crippen LogP contribution in [-0.2, 0) is 0 Å². The molecule has 9 aromatic carbocycles. The topological polar surface area (TPSA) is 13.1 Å². The van der Waals surface area contributed by atoms with Crippen molar-refractivity contribution >= 4 is 54.3 Å². The quantitative estimate of drug-likeness (QED) is 0.178. The van der Waals surface area contributed by atoms with Gasteiger partial charge in [0.05, 0.1) is 0 Å². The van der Waals surface area contributed by atoms with E-state index in [1.807, 2.05) is 6.07 Å². The van der Waals surface area contributed by atoms with Gasteiger partial charge in [-0.1, -0.05) is 176 Å². The first kappa shape index (κ1) is 27.7. The molecular weight excluding hydrogens is 593 g/mol. The van der Waals surface area contributed by atoms with E-state index in [0.29, 0.717) is 0 Å². The Hall–Kier alpha value is -6.44. The molecule has 1 heterocycles. The minimum Gasteiger partial charge on any atom is -0.455 e. The highest BCUT2D eigenvalue weighted by Crippen LogP contribution is 2.47. The summed E-state index contributed by atoms with van der Waals surface area (Å²) in [7, 11) is 0. The number of rotatable bonds is 4. The fourth-order valence-corrected chi connectivity index (χ4v) is 7.92. The van der Waals surface area contributed by atoms with Crippen LogP contribution in [0.4, 0.5) is 0 Å². The summed E-state index contributed by atoms with van der Waals surface area (Å²) >= 11 is 0. The average molecular weight is 623 g/mol. The van der Waals surface area contributed by atoms with Gasteiger partial charge in [-0.3, -0.25) is 0 Å². The van der Waals surface area contributed by atoms with Crippen molar-refractivity contribution in [3.8, 4) is 44.5 Å². The highest BCUT2D eigenvalue weighted by atomic mass is 16.3. The molecule has 0 saturated carbocycles. The Kier molecular flexibility index (Phi) is 6.25. The summed E-state index contributed by atoms with van der Waals surface area (Å²) in [6, 6.07) is 65.7. The Morgan fingerprint density at radius 1 is 0.265 bits per heavy atom. The third-order valence-corrected chi connectivity index (χ3v) is 10.1. The molecule has 49 heavy (non-hydrogen) atoms. The van der Waals surface area contributed by atoms with Gasteiger partial charge in [-0.05, 0) is 77.3 Å². The molecule has 0 atom stereocenters. The molecule has 1 nitrogen and oxygen atoms in total. The largest absolute Gasteiger partial charge is 0.455 e. The van der Waals surface area contributed by atoms with E-state index in [1.54, 1.807) is 0 Å². The van der Waals surface area contributed by atoms with Crippen LogP contribution in [-0.4, -0.2) is 0 Å². The monoisotopic (exact) mass is 622 g/mol. The van der Waals surface area contributed by atoms with E-state index in [-0.39, 0.29) is 0 Å². The number of para-hydroxylation sites is 2. The smallest absolute Gasteiger partial charge is 0.143 e. The Morgan fingerprint density at radius 3 is 1.47 bits per heavy atom. The summed E-state index contributed by atoms with van der Waals surface area (Å²) in [6.07, 6.45) is 0. The van der Waals surface area contributed by atoms with E-state index in [9.17, 15) is 0 Å². The van der Waals surface area contributed by atoms with Crippen LogP contribution in [0.1, 0.15) is 0 Å². The first-order valence-corrected chi connectivity index (χ1v) is 16.9. The molecular formula is C48H30O. The highest BCUT2D eigenvalue weighted by molar-refractivity contribution is 6.23. The van der Waals surface area contributed by atoms with Crippen molar-refractivity contribution in [3.05, 3.63) is 182 Å². The molecule has 0 amide bonds. The van der Waals surface area contributed by atoms with Crippen molar-refractivity contribution < 1.29 is 4.42 Å². The van der Waals surface area contributed by atoms with Crippen molar-refractivity contribution in [1.82, 2.24) is 0 Å². The highest BCUT2D eigenvalue weighted by Gasteiger charge is 2.20. The maximum Gasteiger partial charge on any atom is 0.143 e. The van der Waals surface area contributed by atoms with Gasteiger partial charge in [0.1, 0.15) is 11.2 Å². The van der Waals surface area contributed by atoms with Crippen molar-refractivity contribution in [2.24, 2.45) is 0 Å². The van der Waals surface area contributed by atoms with Crippen LogP contribution in [0.3, 0.4) is 0 Å². The molecule has 0 radical (unpaired) electrons. The van der Waals surface area contributed by atoms with Gasteiger partial charge in [-0.2, -0.15) is 0 Å².